The highest BCUT2D eigenvalue weighted by atomic mass is 19.1. The van der Waals surface area contributed by atoms with Crippen molar-refractivity contribution in [3.63, 3.8) is 0 Å². The monoisotopic (exact) mass is 556 g/mol. The molecule has 3 N–H and O–H groups in total. The van der Waals surface area contributed by atoms with Gasteiger partial charge in [-0.1, -0.05) is 53.9 Å². The first-order chi connectivity index (χ1) is 19.0. The molecule has 0 spiro atoms. The second-order valence-electron chi connectivity index (χ2n) is 9.78. The normalized spacial score (nSPS) is 10.0. The fourth-order valence-corrected chi connectivity index (χ4v) is 4.32. The first-order valence-corrected chi connectivity index (χ1v) is 12.9. The van der Waals surface area contributed by atoms with Crippen LogP contribution in [0.3, 0.4) is 0 Å². The average molecular weight is 557 g/mol. The molecule has 0 amide bonds. The Bertz CT molecular complexity index is 1590. The number of fused-ring (bicyclic) bond motifs is 1. The van der Waals surface area contributed by atoms with Crippen molar-refractivity contribution in [2.75, 3.05) is 5.73 Å². The lowest BCUT2D eigenvalue weighted by Gasteiger charge is -2.06. The Morgan fingerprint density at radius 2 is 1.32 bits per heavy atom. The van der Waals surface area contributed by atoms with Gasteiger partial charge >= 0.3 is 0 Å². The molecule has 214 valence electrons. The highest BCUT2D eigenvalue weighted by Crippen LogP contribution is 2.24. The van der Waals surface area contributed by atoms with Gasteiger partial charge in [0.25, 0.3) is 0 Å². The van der Waals surface area contributed by atoms with E-state index in [1.165, 1.54) is 29.3 Å². The minimum Gasteiger partial charge on any atom is -0.398 e. The minimum absolute atomic E-state index is 0. The molecule has 0 bridgehead atoms. The van der Waals surface area contributed by atoms with Crippen LogP contribution < -0.4 is 5.73 Å². The van der Waals surface area contributed by atoms with Gasteiger partial charge in [0.2, 0.25) is 0 Å². The van der Waals surface area contributed by atoms with E-state index in [0.29, 0.717) is 16.6 Å². The summed E-state index contributed by atoms with van der Waals surface area (Å²) in [7, 11) is 0. The van der Waals surface area contributed by atoms with Gasteiger partial charge in [0.1, 0.15) is 11.6 Å². The number of aliphatic hydroxyl groups excluding tert-OH is 1. The van der Waals surface area contributed by atoms with Crippen LogP contribution in [0.5, 0.6) is 0 Å². The standard InChI is InChI=1S/C17H14FN.C10H12O.C7H8FNO.CH4/c1-11-8-12(2)10-13(9-11)16-7-6-14-15(18)4-3-5-17(14)19-16;1-7-4-8(2)6-10(5-7)9(3)11;8-6-2-1-3-7(9)5(6)4-10;/h3-10H,1-2H3;4-6H,1-3H3;1-3,10H,4,9H2;1H4. The molecule has 0 radical (unpaired) electrons. The van der Waals surface area contributed by atoms with Crippen molar-refractivity contribution in [1.29, 1.82) is 0 Å². The van der Waals surface area contributed by atoms with Crippen molar-refractivity contribution >= 4 is 22.4 Å². The summed E-state index contributed by atoms with van der Waals surface area (Å²) in [6.45, 7) is 9.38. The van der Waals surface area contributed by atoms with Crippen LogP contribution in [0.1, 0.15) is 52.5 Å². The Kier molecular flexibility index (Phi) is 11.9. The number of hydrogen-bond donors (Lipinski definition) is 2. The van der Waals surface area contributed by atoms with Crippen molar-refractivity contribution in [2.45, 2.75) is 48.7 Å². The van der Waals surface area contributed by atoms with E-state index in [2.05, 4.69) is 43.1 Å². The highest BCUT2D eigenvalue weighted by molar-refractivity contribution is 5.94. The summed E-state index contributed by atoms with van der Waals surface area (Å²) >= 11 is 0. The van der Waals surface area contributed by atoms with Crippen molar-refractivity contribution in [1.82, 2.24) is 4.98 Å². The van der Waals surface area contributed by atoms with Gasteiger partial charge in [-0.15, -0.1) is 0 Å². The molecule has 0 aliphatic rings. The third kappa shape index (κ3) is 9.05. The molecule has 0 fully saturated rings. The molecule has 0 unspecified atom stereocenters. The molecule has 0 aliphatic heterocycles. The van der Waals surface area contributed by atoms with E-state index in [4.69, 9.17) is 10.8 Å². The summed E-state index contributed by atoms with van der Waals surface area (Å²) in [5.74, 6) is -0.545. The van der Waals surface area contributed by atoms with E-state index < -0.39 is 5.82 Å². The van der Waals surface area contributed by atoms with Gasteiger partial charge < -0.3 is 10.8 Å². The van der Waals surface area contributed by atoms with Crippen LogP contribution in [0.25, 0.3) is 22.2 Å². The number of anilines is 1. The number of carbonyl (C=O) groups is 1. The average Bonchev–Trinajstić information content (AvgIpc) is 2.88. The van der Waals surface area contributed by atoms with Crippen LogP contribution >= 0.6 is 0 Å². The molecular weight excluding hydrogens is 518 g/mol. The number of aliphatic hydroxyl groups is 1. The SMILES string of the molecule is C.CC(=O)c1cc(C)cc(C)c1.Cc1cc(C)cc(-c2ccc3c(F)cccc3n2)c1.Nc1cccc(F)c1CO. The zero-order valence-corrected chi connectivity index (χ0v) is 23.4. The van der Waals surface area contributed by atoms with Crippen LogP contribution in [0.4, 0.5) is 14.5 Å². The van der Waals surface area contributed by atoms with Gasteiger partial charge in [0.05, 0.1) is 17.8 Å². The zero-order valence-electron chi connectivity index (χ0n) is 23.4. The molecule has 0 saturated heterocycles. The molecule has 41 heavy (non-hydrogen) atoms. The Hall–Kier alpha value is -4.42. The number of pyridine rings is 1. The quantitative estimate of drug-likeness (QED) is 0.172. The topological polar surface area (TPSA) is 76.2 Å². The summed E-state index contributed by atoms with van der Waals surface area (Å²) in [6.07, 6.45) is 0. The van der Waals surface area contributed by atoms with E-state index in [0.717, 1.165) is 27.9 Å². The number of rotatable bonds is 3. The van der Waals surface area contributed by atoms with Crippen LogP contribution in [-0.4, -0.2) is 15.9 Å². The number of carbonyl (C=O) groups excluding carboxylic acids is 1. The maximum Gasteiger partial charge on any atom is 0.159 e. The number of nitrogen functional groups attached to an aromatic ring is 1. The molecule has 0 atom stereocenters. The maximum atomic E-state index is 13.6. The van der Waals surface area contributed by atoms with Gasteiger partial charge in [-0.25, -0.2) is 13.8 Å². The lowest BCUT2D eigenvalue weighted by molar-refractivity contribution is 0.101. The first kappa shape index (κ1) is 32.8. The van der Waals surface area contributed by atoms with E-state index in [9.17, 15) is 13.6 Å². The van der Waals surface area contributed by atoms with Gasteiger partial charge in [-0.2, -0.15) is 0 Å². The fourth-order valence-electron chi connectivity index (χ4n) is 4.32. The van der Waals surface area contributed by atoms with E-state index >= 15 is 0 Å². The molecule has 0 aliphatic carbocycles. The first-order valence-electron chi connectivity index (χ1n) is 12.9. The lowest BCUT2D eigenvalue weighted by Crippen LogP contribution is -1.96. The number of aromatic nitrogens is 1. The molecular formula is C35H38F2N2O2. The Morgan fingerprint density at radius 3 is 1.83 bits per heavy atom. The molecule has 5 rings (SSSR count). The zero-order chi connectivity index (χ0) is 29.4. The van der Waals surface area contributed by atoms with E-state index in [-0.39, 0.29) is 31.2 Å². The number of ketones is 1. The summed E-state index contributed by atoms with van der Waals surface area (Å²) in [5.41, 5.74) is 14.0. The van der Waals surface area contributed by atoms with Crippen molar-refractivity contribution in [3.05, 3.63) is 130 Å². The molecule has 6 heteroatoms. The fraction of sp³-hybridized carbons (Fsp3) is 0.200. The van der Waals surface area contributed by atoms with Gasteiger partial charge in [-0.05, 0) is 95.3 Å². The molecule has 5 aromatic rings. The van der Waals surface area contributed by atoms with E-state index in [1.54, 1.807) is 25.1 Å². The second-order valence-corrected chi connectivity index (χ2v) is 9.78. The molecule has 0 saturated carbocycles. The number of benzene rings is 4. The minimum atomic E-state index is -0.456. The van der Waals surface area contributed by atoms with Crippen LogP contribution in [0.15, 0.2) is 84.9 Å². The Morgan fingerprint density at radius 1 is 0.780 bits per heavy atom. The number of hydrogen-bond acceptors (Lipinski definition) is 4. The third-order valence-electron chi connectivity index (χ3n) is 6.14. The number of aryl methyl sites for hydroxylation is 4. The lowest BCUT2D eigenvalue weighted by atomic mass is 10.0. The summed E-state index contributed by atoms with van der Waals surface area (Å²) in [6, 6.07) is 25.2. The van der Waals surface area contributed by atoms with Crippen molar-refractivity contribution < 1.29 is 18.7 Å². The number of nitrogens with zero attached hydrogens (tertiary/aromatic N) is 1. The van der Waals surface area contributed by atoms with Gasteiger partial charge in [0, 0.05) is 27.8 Å². The van der Waals surface area contributed by atoms with Crippen molar-refractivity contribution in [3.8, 4) is 11.3 Å². The molecule has 1 aromatic heterocycles. The molecule has 4 nitrogen and oxygen atoms in total. The smallest absolute Gasteiger partial charge is 0.159 e. The predicted octanol–water partition coefficient (Wildman–Crippen LogP) is 8.70. The van der Waals surface area contributed by atoms with Gasteiger partial charge in [0.15, 0.2) is 5.78 Å². The predicted molar refractivity (Wildman–Crippen MR) is 166 cm³/mol. The summed E-state index contributed by atoms with van der Waals surface area (Å²) in [5, 5.41) is 9.14. The third-order valence-corrected chi connectivity index (χ3v) is 6.14. The van der Waals surface area contributed by atoms with Crippen LogP contribution in [-0.2, 0) is 6.61 Å². The van der Waals surface area contributed by atoms with Gasteiger partial charge in [-0.3, -0.25) is 4.79 Å². The number of Topliss-reactive ketones (excluding diaryl/α,β-unsaturated/α-hetero) is 1. The van der Waals surface area contributed by atoms with Crippen LogP contribution in [0, 0.1) is 39.3 Å². The molecule has 1 heterocycles. The highest BCUT2D eigenvalue weighted by Gasteiger charge is 2.06. The largest absolute Gasteiger partial charge is 0.398 e. The Balaban J connectivity index is 0.000000230. The maximum absolute atomic E-state index is 13.6. The van der Waals surface area contributed by atoms with E-state index in [1.807, 2.05) is 38.1 Å². The summed E-state index contributed by atoms with van der Waals surface area (Å²) in [4.78, 5) is 15.5. The number of nitrogens with two attached hydrogens (primary N) is 1. The Labute approximate surface area is 241 Å². The second kappa shape index (κ2) is 14.8. The number of halogens is 2. The molecule has 4 aromatic carbocycles. The summed E-state index contributed by atoms with van der Waals surface area (Å²) < 4.78 is 26.2. The van der Waals surface area contributed by atoms with Crippen molar-refractivity contribution in [2.24, 2.45) is 0 Å². The van der Waals surface area contributed by atoms with Crippen LogP contribution in [0.2, 0.25) is 0 Å².